The van der Waals surface area contributed by atoms with Gasteiger partial charge in [0.15, 0.2) is 0 Å². The van der Waals surface area contributed by atoms with Crippen LogP contribution in [0.25, 0.3) is 0 Å². The van der Waals surface area contributed by atoms with E-state index < -0.39 is 0 Å². The first-order valence-electron chi connectivity index (χ1n) is 4.34. The summed E-state index contributed by atoms with van der Waals surface area (Å²) in [4.78, 5) is 11.1. The van der Waals surface area contributed by atoms with Gasteiger partial charge in [-0.05, 0) is 18.6 Å². The van der Waals surface area contributed by atoms with Gasteiger partial charge in [0.2, 0.25) is 5.91 Å². The van der Waals surface area contributed by atoms with Gasteiger partial charge in [-0.3, -0.25) is 4.79 Å². The lowest BCUT2D eigenvalue weighted by molar-refractivity contribution is -0.123. The second-order valence-corrected chi connectivity index (χ2v) is 3.34. The minimum Gasteiger partial charge on any atom is -0.467 e. The number of hydrogen-bond donors (Lipinski definition) is 2. The molecule has 0 aromatic carbocycles. The number of nitrogens with one attached hydrogen (secondary N) is 1. The molecule has 0 aliphatic carbocycles. The Morgan fingerprint density at radius 2 is 2.46 bits per heavy atom. The molecule has 1 amide bonds. The van der Waals surface area contributed by atoms with E-state index in [1.54, 1.807) is 6.26 Å². The van der Waals surface area contributed by atoms with E-state index in [4.69, 9.17) is 10.2 Å². The van der Waals surface area contributed by atoms with E-state index in [2.05, 4.69) is 5.32 Å². The third-order valence-electron chi connectivity index (χ3n) is 2.21. The smallest absolute Gasteiger partial charge is 0.222 e. The summed E-state index contributed by atoms with van der Waals surface area (Å²) in [5.41, 5.74) is 5.72. The van der Waals surface area contributed by atoms with Gasteiger partial charge >= 0.3 is 0 Å². The Morgan fingerprint density at radius 3 is 3.08 bits per heavy atom. The standard InChI is InChI=1S/C9H12N2O2/c10-6-4-7(11-9(12)5-6)8-2-1-3-13-8/h1-3,6-7H,4-5,10H2,(H,11,12). The fourth-order valence-electron chi connectivity index (χ4n) is 1.61. The van der Waals surface area contributed by atoms with Gasteiger partial charge in [0.1, 0.15) is 5.76 Å². The highest BCUT2D eigenvalue weighted by Crippen LogP contribution is 2.22. The van der Waals surface area contributed by atoms with E-state index in [0.29, 0.717) is 6.42 Å². The molecule has 1 aromatic rings. The molecule has 70 valence electrons. The number of rotatable bonds is 1. The molecular formula is C9H12N2O2. The van der Waals surface area contributed by atoms with Gasteiger partial charge in [-0.1, -0.05) is 0 Å². The average molecular weight is 180 g/mol. The molecule has 1 aliphatic heterocycles. The van der Waals surface area contributed by atoms with Crippen LogP contribution in [-0.4, -0.2) is 11.9 Å². The first-order valence-corrected chi connectivity index (χ1v) is 4.34. The Morgan fingerprint density at radius 1 is 1.62 bits per heavy atom. The number of furan rings is 1. The average Bonchev–Trinajstić information content (AvgIpc) is 2.53. The summed E-state index contributed by atoms with van der Waals surface area (Å²) in [6.07, 6.45) is 2.76. The van der Waals surface area contributed by atoms with Crippen molar-refractivity contribution >= 4 is 5.91 Å². The second-order valence-electron chi connectivity index (χ2n) is 3.34. The second kappa shape index (κ2) is 3.22. The third-order valence-corrected chi connectivity index (χ3v) is 2.21. The van der Waals surface area contributed by atoms with Crippen LogP contribution in [0.4, 0.5) is 0 Å². The van der Waals surface area contributed by atoms with Crippen molar-refractivity contribution < 1.29 is 9.21 Å². The Kier molecular flexibility index (Phi) is 2.06. The molecule has 2 atom stereocenters. The van der Waals surface area contributed by atoms with Crippen LogP contribution in [0.2, 0.25) is 0 Å². The quantitative estimate of drug-likeness (QED) is 0.663. The van der Waals surface area contributed by atoms with Crippen LogP contribution in [0.1, 0.15) is 24.6 Å². The van der Waals surface area contributed by atoms with Crippen molar-refractivity contribution in [1.29, 1.82) is 0 Å². The summed E-state index contributed by atoms with van der Waals surface area (Å²) in [5.74, 6) is 0.781. The van der Waals surface area contributed by atoms with Crippen LogP contribution >= 0.6 is 0 Å². The Balaban J connectivity index is 2.12. The summed E-state index contributed by atoms with van der Waals surface area (Å²) in [6, 6.07) is 3.56. The fraction of sp³-hybridized carbons (Fsp3) is 0.444. The van der Waals surface area contributed by atoms with Gasteiger partial charge in [-0.15, -0.1) is 0 Å². The first-order chi connectivity index (χ1) is 6.25. The van der Waals surface area contributed by atoms with Gasteiger partial charge in [0, 0.05) is 12.5 Å². The molecule has 3 N–H and O–H groups in total. The van der Waals surface area contributed by atoms with Crippen LogP contribution in [-0.2, 0) is 4.79 Å². The van der Waals surface area contributed by atoms with Gasteiger partial charge in [0.05, 0.1) is 12.3 Å². The number of hydrogen-bond acceptors (Lipinski definition) is 3. The molecule has 0 saturated carbocycles. The molecule has 0 radical (unpaired) electrons. The van der Waals surface area contributed by atoms with Crippen molar-refractivity contribution in [3.8, 4) is 0 Å². The number of carbonyl (C=O) groups excluding carboxylic acids is 1. The fourth-order valence-corrected chi connectivity index (χ4v) is 1.61. The molecule has 1 saturated heterocycles. The number of nitrogens with two attached hydrogens (primary N) is 1. The first kappa shape index (κ1) is 8.31. The molecular weight excluding hydrogens is 168 g/mol. The molecule has 0 spiro atoms. The summed E-state index contributed by atoms with van der Waals surface area (Å²) in [7, 11) is 0. The van der Waals surface area contributed by atoms with Gasteiger partial charge < -0.3 is 15.5 Å². The zero-order valence-electron chi connectivity index (χ0n) is 7.19. The molecule has 13 heavy (non-hydrogen) atoms. The Hall–Kier alpha value is -1.29. The lowest BCUT2D eigenvalue weighted by Crippen LogP contribution is -2.42. The molecule has 1 aliphatic rings. The van der Waals surface area contributed by atoms with Crippen LogP contribution in [0.5, 0.6) is 0 Å². The monoisotopic (exact) mass is 180 g/mol. The highest BCUT2D eigenvalue weighted by atomic mass is 16.3. The molecule has 2 unspecified atom stereocenters. The lowest BCUT2D eigenvalue weighted by Gasteiger charge is -2.25. The topological polar surface area (TPSA) is 68.3 Å². The molecule has 1 aromatic heterocycles. The van der Waals surface area contributed by atoms with E-state index in [1.807, 2.05) is 12.1 Å². The minimum absolute atomic E-state index is 0.000139. The van der Waals surface area contributed by atoms with Crippen molar-refractivity contribution in [2.24, 2.45) is 5.73 Å². The third kappa shape index (κ3) is 1.72. The number of piperidine rings is 1. The molecule has 4 heteroatoms. The van der Waals surface area contributed by atoms with E-state index in [1.165, 1.54) is 0 Å². The predicted molar refractivity (Wildman–Crippen MR) is 46.8 cm³/mol. The molecule has 1 fully saturated rings. The molecule has 4 nitrogen and oxygen atoms in total. The Bertz CT molecular complexity index is 295. The molecule has 2 heterocycles. The maximum Gasteiger partial charge on any atom is 0.222 e. The van der Waals surface area contributed by atoms with E-state index in [-0.39, 0.29) is 18.0 Å². The zero-order chi connectivity index (χ0) is 9.26. The lowest BCUT2D eigenvalue weighted by atomic mass is 9.98. The maximum absolute atomic E-state index is 11.1. The van der Waals surface area contributed by atoms with E-state index in [0.717, 1.165) is 12.2 Å². The zero-order valence-corrected chi connectivity index (χ0v) is 7.19. The van der Waals surface area contributed by atoms with Gasteiger partial charge in [-0.2, -0.15) is 0 Å². The SMILES string of the molecule is NC1CC(=O)NC(c2ccco2)C1. The van der Waals surface area contributed by atoms with Crippen LogP contribution in [0.3, 0.4) is 0 Å². The molecule has 2 rings (SSSR count). The van der Waals surface area contributed by atoms with Crippen LogP contribution in [0, 0.1) is 0 Å². The Labute approximate surface area is 76.1 Å². The maximum atomic E-state index is 11.1. The van der Waals surface area contributed by atoms with Crippen LogP contribution < -0.4 is 11.1 Å². The van der Waals surface area contributed by atoms with Crippen molar-refractivity contribution in [2.45, 2.75) is 24.9 Å². The highest BCUT2D eigenvalue weighted by Gasteiger charge is 2.26. The minimum atomic E-state index is -0.0520. The van der Waals surface area contributed by atoms with Crippen molar-refractivity contribution in [3.05, 3.63) is 24.2 Å². The van der Waals surface area contributed by atoms with Gasteiger partial charge in [0.25, 0.3) is 0 Å². The summed E-state index contributed by atoms with van der Waals surface area (Å²) >= 11 is 0. The van der Waals surface area contributed by atoms with E-state index in [9.17, 15) is 4.79 Å². The number of carbonyl (C=O) groups is 1. The van der Waals surface area contributed by atoms with Crippen LogP contribution in [0.15, 0.2) is 22.8 Å². The van der Waals surface area contributed by atoms with Gasteiger partial charge in [-0.25, -0.2) is 0 Å². The van der Waals surface area contributed by atoms with Crippen molar-refractivity contribution in [2.75, 3.05) is 0 Å². The molecule has 0 bridgehead atoms. The van der Waals surface area contributed by atoms with Crippen molar-refractivity contribution in [1.82, 2.24) is 5.32 Å². The summed E-state index contributed by atoms with van der Waals surface area (Å²) in [5, 5.41) is 2.84. The predicted octanol–water partition coefficient (Wildman–Crippen LogP) is 0.558. The van der Waals surface area contributed by atoms with Crippen molar-refractivity contribution in [3.63, 3.8) is 0 Å². The number of amides is 1. The van der Waals surface area contributed by atoms with E-state index >= 15 is 0 Å². The normalized spacial score (nSPS) is 28.5. The largest absolute Gasteiger partial charge is 0.467 e. The highest BCUT2D eigenvalue weighted by molar-refractivity contribution is 5.77. The summed E-state index contributed by atoms with van der Waals surface area (Å²) < 4.78 is 5.20. The summed E-state index contributed by atoms with van der Waals surface area (Å²) in [6.45, 7) is 0.